The average Bonchev–Trinajstić information content (AvgIpc) is 2.72. The molecular formula is C10H10N4O4. The molecule has 0 aromatic carbocycles. The lowest BCUT2D eigenvalue weighted by Gasteiger charge is -2.03. The van der Waals surface area contributed by atoms with Crippen LogP contribution in [0.25, 0.3) is 11.3 Å². The number of nitrogens with zero attached hydrogens (tertiary/aromatic N) is 4. The van der Waals surface area contributed by atoms with E-state index in [1.165, 1.54) is 37.4 Å². The molecule has 0 radical (unpaired) electrons. The molecule has 18 heavy (non-hydrogen) atoms. The fourth-order valence-electron chi connectivity index (χ4n) is 1.48. The number of carboxylic acids is 1. The molecule has 0 unspecified atom stereocenters. The minimum Gasteiger partial charge on any atom is -0.477 e. The van der Waals surface area contributed by atoms with E-state index in [-0.39, 0.29) is 11.6 Å². The number of aromatic nitrogens is 4. The lowest BCUT2D eigenvalue weighted by atomic mass is 10.2. The van der Waals surface area contributed by atoms with Gasteiger partial charge in [-0.1, -0.05) is 0 Å². The smallest absolute Gasteiger partial charge is 0.354 e. The molecule has 0 amide bonds. The Balaban J connectivity index is 2.48. The van der Waals surface area contributed by atoms with Crippen molar-refractivity contribution in [3.8, 4) is 17.1 Å². The second-order valence-electron chi connectivity index (χ2n) is 3.33. The van der Waals surface area contributed by atoms with Crippen LogP contribution < -0.4 is 4.89 Å². The molecule has 0 aliphatic rings. The Morgan fingerprint density at radius 2 is 2.17 bits per heavy atom. The highest BCUT2D eigenvalue weighted by Crippen LogP contribution is 2.22. The van der Waals surface area contributed by atoms with E-state index >= 15 is 0 Å². The molecule has 0 saturated carbocycles. The second kappa shape index (κ2) is 4.80. The number of carboxylic acid groups (broad SMARTS) is 1. The molecule has 0 aliphatic heterocycles. The van der Waals surface area contributed by atoms with Crippen molar-refractivity contribution in [2.45, 2.75) is 0 Å². The van der Waals surface area contributed by atoms with Gasteiger partial charge in [-0.2, -0.15) is 9.99 Å². The number of hydrogen-bond donors (Lipinski definition) is 1. The predicted octanol–water partition coefficient (Wildman–Crippen LogP) is 0.515. The van der Waals surface area contributed by atoms with Gasteiger partial charge in [0.2, 0.25) is 0 Å². The SMILES string of the molecule is COOc1cncc(-c2cnn(C)c2C(=O)O)n1. The molecule has 0 fully saturated rings. The average molecular weight is 250 g/mol. The van der Waals surface area contributed by atoms with Crippen LogP contribution in [0.1, 0.15) is 10.5 Å². The van der Waals surface area contributed by atoms with Crippen LogP contribution in [0.3, 0.4) is 0 Å². The Bertz CT molecular complexity index is 581. The summed E-state index contributed by atoms with van der Waals surface area (Å²) in [5.41, 5.74) is 0.730. The topological polar surface area (TPSA) is 99.4 Å². The lowest BCUT2D eigenvalue weighted by molar-refractivity contribution is -0.181. The van der Waals surface area contributed by atoms with Gasteiger partial charge in [-0.3, -0.25) is 9.67 Å². The van der Waals surface area contributed by atoms with E-state index in [1.807, 2.05) is 0 Å². The van der Waals surface area contributed by atoms with Crippen molar-refractivity contribution >= 4 is 5.97 Å². The summed E-state index contributed by atoms with van der Waals surface area (Å²) >= 11 is 0. The Morgan fingerprint density at radius 3 is 2.83 bits per heavy atom. The summed E-state index contributed by atoms with van der Waals surface area (Å²) in [6, 6.07) is 0. The van der Waals surface area contributed by atoms with Gasteiger partial charge in [0.05, 0.1) is 37.0 Å². The Hall–Kier alpha value is -2.48. The maximum atomic E-state index is 11.1. The maximum Gasteiger partial charge on any atom is 0.354 e. The molecule has 2 heterocycles. The first-order chi connectivity index (χ1) is 8.63. The summed E-state index contributed by atoms with van der Waals surface area (Å²) in [5.74, 6) is -0.958. The van der Waals surface area contributed by atoms with E-state index < -0.39 is 5.97 Å². The van der Waals surface area contributed by atoms with Crippen LogP contribution in [-0.2, 0) is 11.9 Å². The molecule has 0 atom stereocenters. The largest absolute Gasteiger partial charge is 0.477 e. The highest BCUT2D eigenvalue weighted by atomic mass is 17.2. The van der Waals surface area contributed by atoms with Gasteiger partial charge in [-0.05, 0) is 0 Å². The Labute approximate surface area is 102 Å². The second-order valence-corrected chi connectivity index (χ2v) is 3.33. The van der Waals surface area contributed by atoms with Gasteiger partial charge in [0, 0.05) is 7.05 Å². The third kappa shape index (κ3) is 2.13. The molecule has 94 valence electrons. The van der Waals surface area contributed by atoms with E-state index in [9.17, 15) is 4.79 Å². The fraction of sp³-hybridized carbons (Fsp3) is 0.200. The van der Waals surface area contributed by atoms with Crippen LogP contribution in [-0.4, -0.2) is 37.9 Å². The highest BCUT2D eigenvalue weighted by molar-refractivity contribution is 5.93. The van der Waals surface area contributed by atoms with Crippen molar-refractivity contribution in [1.29, 1.82) is 0 Å². The van der Waals surface area contributed by atoms with Crippen molar-refractivity contribution < 1.29 is 19.7 Å². The molecule has 0 aliphatic carbocycles. The predicted molar refractivity (Wildman–Crippen MR) is 58.8 cm³/mol. The fourth-order valence-corrected chi connectivity index (χ4v) is 1.48. The Kier molecular flexibility index (Phi) is 3.20. The molecule has 1 N–H and O–H groups in total. The molecule has 8 nitrogen and oxygen atoms in total. The Morgan fingerprint density at radius 1 is 1.39 bits per heavy atom. The normalized spacial score (nSPS) is 10.3. The van der Waals surface area contributed by atoms with E-state index in [4.69, 9.17) is 9.99 Å². The van der Waals surface area contributed by atoms with Gasteiger partial charge in [0.15, 0.2) is 5.69 Å². The monoisotopic (exact) mass is 250 g/mol. The number of aryl methyl sites for hydroxylation is 1. The molecule has 2 rings (SSSR count). The van der Waals surface area contributed by atoms with E-state index in [2.05, 4.69) is 20.0 Å². The van der Waals surface area contributed by atoms with Crippen molar-refractivity contribution in [2.24, 2.45) is 7.05 Å². The minimum absolute atomic E-state index is 0.0267. The first-order valence-corrected chi connectivity index (χ1v) is 4.92. The molecule has 2 aromatic heterocycles. The van der Waals surface area contributed by atoms with Crippen LogP contribution in [0, 0.1) is 0 Å². The summed E-state index contributed by atoms with van der Waals surface area (Å²) in [4.78, 5) is 28.3. The third-order valence-electron chi connectivity index (χ3n) is 2.20. The van der Waals surface area contributed by atoms with Crippen molar-refractivity contribution in [2.75, 3.05) is 7.11 Å². The molecule has 2 aromatic rings. The molecular weight excluding hydrogens is 240 g/mol. The summed E-state index contributed by atoms with van der Waals surface area (Å²) in [7, 11) is 2.87. The van der Waals surface area contributed by atoms with Gasteiger partial charge in [0.1, 0.15) is 0 Å². The van der Waals surface area contributed by atoms with Crippen LogP contribution in [0.5, 0.6) is 5.88 Å². The van der Waals surface area contributed by atoms with Gasteiger partial charge in [0.25, 0.3) is 5.88 Å². The highest BCUT2D eigenvalue weighted by Gasteiger charge is 2.18. The molecule has 0 saturated heterocycles. The molecule has 0 bridgehead atoms. The van der Waals surface area contributed by atoms with Gasteiger partial charge < -0.3 is 9.99 Å². The van der Waals surface area contributed by atoms with Crippen LogP contribution in [0.4, 0.5) is 0 Å². The first-order valence-electron chi connectivity index (χ1n) is 4.92. The van der Waals surface area contributed by atoms with Crippen molar-refractivity contribution in [3.05, 3.63) is 24.3 Å². The summed E-state index contributed by atoms with van der Waals surface area (Å²) in [6.45, 7) is 0. The van der Waals surface area contributed by atoms with E-state index in [0.29, 0.717) is 11.3 Å². The van der Waals surface area contributed by atoms with E-state index in [1.54, 1.807) is 0 Å². The standard InChI is InChI=1S/C10H10N4O4/c1-14-9(10(15)16)6(3-12-14)7-4-11-5-8(13-7)18-17-2/h3-5H,1-2H3,(H,15,16). The zero-order chi connectivity index (χ0) is 13.1. The minimum atomic E-state index is -1.09. The number of hydrogen-bond acceptors (Lipinski definition) is 6. The third-order valence-corrected chi connectivity index (χ3v) is 2.20. The number of rotatable bonds is 4. The van der Waals surface area contributed by atoms with Crippen molar-refractivity contribution in [3.63, 3.8) is 0 Å². The van der Waals surface area contributed by atoms with Gasteiger partial charge >= 0.3 is 5.97 Å². The maximum absolute atomic E-state index is 11.1. The number of aromatic carboxylic acids is 1. The molecule has 0 spiro atoms. The quantitative estimate of drug-likeness (QED) is 0.623. The summed E-state index contributed by atoms with van der Waals surface area (Å²) in [6.07, 6.45) is 4.18. The summed E-state index contributed by atoms with van der Waals surface area (Å²) < 4.78 is 1.25. The van der Waals surface area contributed by atoms with Gasteiger partial charge in [-0.25, -0.2) is 9.78 Å². The first kappa shape index (κ1) is 12.0. The number of carbonyl (C=O) groups is 1. The van der Waals surface area contributed by atoms with Gasteiger partial charge in [-0.15, -0.1) is 0 Å². The molecule has 8 heteroatoms. The van der Waals surface area contributed by atoms with Crippen LogP contribution in [0.15, 0.2) is 18.6 Å². The van der Waals surface area contributed by atoms with Crippen LogP contribution in [0.2, 0.25) is 0 Å². The zero-order valence-electron chi connectivity index (χ0n) is 9.69. The summed E-state index contributed by atoms with van der Waals surface area (Å²) in [5, 5.41) is 13.0. The van der Waals surface area contributed by atoms with Crippen LogP contribution >= 0.6 is 0 Å². The van der Waals surface area contributed by atoms with E-state index in [0.717, 1.165) is 0 Å². The zero-order valence-corrected chi connectivity index (χ0v) is 9.69. The van der Waals surface area contributed by atoms with Crippen molar-refractivity contribution in [1.82, 2.24) is 19.7 Å². The lowest BCUT2D eigenvalue weighted by Crippen LogP contribution is -2.07.